The summed E-state index contributed by atoms with van der Waals surface area (Å²) in [6.45, 7) is 5.36. The number of rotatable bonds is 5. The number of benzene rings is 1. The maximum absolute atomic E-state index is 14.1. The summed E-state index contributed by atoms with van der Waals surface area (Å²) in [6, 6.07) is 7.80. The molecule has 3 saturated heterocycles. The van der Waals surface area contributed by atoms with Gasteiger partial charge >= 0.3 is 0 Å². The molecule has 2 N–H and O–H groups in total. The molecule has 3 aliphatic rings. The third-order valence-corrected chi connectivity index (χ3v) is 6.75. The van der Waals surface area contributed by atoms with E-state index in [1.54, 1.807) is 6.07 Å². The monoisotopic (exact) mass is 377 g/mol. The summed E-state index contributed by atoms with van der Waals surface area (Å²) in [5.41, 5.74) is -0.0896. The number of piperazine rings is 1. The molecule has 0 saturated carbocycles. The minimum Gasteiger partial charge on any atom is -0.396 e. The number of nitrogens with zero attached hydrogens (tertiary/aromatic N) is 3. The van der Waals surface area contributed by atoms with Gasteiger partial charge in [0, 0.05) is 51.4 Å². The van der Waals surface area contributed by atoms with Gasteiger partial charge < -0.3 is 15.1 Å². The molecule has 6 heteroatoms. The number of anilines is 1. The van der Waals surface area contributed by atoms with Crippen molar-refractivity contribution in [3.63, 3.8) is 0 Å². The van der Waals surface area contributed by atoms with Gasteiger partial charge in [0.15, 0.2) is 0 Å². The van der Waals surface area contributed by atoms with Gasteiger partial charge in [-0.05, 0) is 50.8 Å². The summed E-state index contributed by atoms with van der Waals surface area (Å²) >= 11 is 0. The van der Waals surface area contributed by atoms with E-state index in [0.29, 0.717) is 50.2 Å². The highest BCUT2D eigenvalue weighted by atomic mass is 19.1. The highest BCUT2D eigenvalue weighted by molar-refractivity contribution is 5.48. The minimum absolute atomic E-state index is 0.191. The van der Waals surface area contributed by atoms with E-state index in [4.69, 9.17) is 0 Å². The quantitative estimate of drug-likeness (QED) is 0.818. The first-order valence-electron chi connectivity index (χ1n) is 10.4. The summed E-state index contributed by atoms with van der Waals surface area (Å²) < 4.78 is 14.1. The van der Waals surface area contributed by atoms with Crippen LogP contribution in [0.1, 0.15) is 32.1 Å². The molecule has 3 fully saturated rings. The Morgan fingerprint density at radius 1 is 1.11 bits per heavy atom. The van der Waals surface area contributed by atoms with Crippen LogP contribution in [0.15, 0.2) is 24.3 Å². The molecule has 3 aliphatic heterocycles. The van der Waals surface area contributed by atoms with Crippen LogP contribution in [0.4, 0.5) is 10.1 Å². The number of fused-ring (bicyclic) bond motifs is 1. The summed E-state index contributed by atoms with van der Waals surface area (Å²) in [5, 5.41) is 20.7. The predicted octanol–water partition coefficient (Wildman–Crippen LogP) is 1.69. The number of aliphatic hydroxyl groups is 2. The average Bonchev–Trinajstić information content (AvgIpc) is 3.11. The number of piperidine rings is 1. The maximum atomic E-state index is 14.1. The summed E-state index contributed by atoms with van der Waals surface area (Å²) in [5.74, 6) is -0.191. The van der Waals surface area contributed by atoms with E-state index in [0.717, 1.165) is 19.5 Å². The molecule has 0 amide bonds. The van der Waals surface area contributed by atoms with Crippen LogP contribution < -0.4 is 4.90 Å². The molecule has 3 heterocycles. The first kappa shape index (κ1) is 19.1. The lowest BCUT2D eigenvalue weighted by Crippen LogP contribution is -2.61. The Labute approximate surface area is 161 Å². The van der Waals surface area contributed by atoms with E-state index in [-0.39, 0.29) is 12.4 Å². The lowest BCUT2D eigenvalue weighted by atomic mass is 9.89. The van der Waals surface area contributed by atoms with Crippen molar-refractivity contribution in [3.8, 4) is 0 Å². The minimum atomic E-state index is -0.726. The molecule has 27 heavy (non-hydrogen) atoms. The highest BCUT2D eigenvalue weighted by Gasteiger charge is 2.41. The molecule has 1 aromatic carbocycles. The molecule has 0 spiro atoms. The fourth-order valence-electron chi connectivity index (χ4n) is 5.17. The van der Waals surface area contributed by atoms with Crippen LogP contribution in [0.2, 0.25) is 0 Å². The SMILES string of the molecule is OCCC1CN2CCCC2CN1CC1(O)CCN(c2ccccc2F)CC1. The zero-order valence-electron chi connectivity index (χ0n) is 16.1. The summed E-state index contributed by atoms with van der Waals surface area (Å²) in [6.07, 6.45) is 4.56. The Bertz CT molecular complexity index is 636. The standard InChI is InChI=1S/C21H32FN3O2/c22-19-5-1-2-6-20(19)23-11-8-21(27,9-12-23)16-25-15-17-4-3-10-24(17)14-18(25)7-13-26/h1-2,5-6,17-18,26-27H,3-4,7-16H2. The van der Waals surface area contributed by atoms with E-state index < -0.39 is 5.60 Å². The van der Waals surface area contributed by atoms with Crippen molar-refractivity contribution in [1.82, 2.24) is 9.80 Å². The van der Waals surface area contributed by atoms with Gasteiger partial charge in [0.25, 0.3) is 0 Å². The van der Waals surface area contributed by atoms with E-state index in [2.05, 4.69) is 9.80 Å². The van der Waals surface area contributed by atoms with Gasteiger partial charge in [-0.15, -0.1) is 0 Å². The largest absolute Gasteiger partial charge is 0.396 e. The number of β-amino-alcohol motifs (C(OH)–C–C–N with tert-alkyl or cyclic N) is 1. The number of aliphatic hydroxyl groups excluding tert-OH is 1. The van der Waals surface area contributed by atoms with Crippen molar-refractivity contribution in [2.45, 2.75) is 49.8 Å². The van der Waals surface area contributed by atoms with Crippen LogP contribution >= 0.6 is 0 Å². The fraction of sp³-hybridized carbons (Fsp3) is 0.714. The molecule has 2 unspecified atom stereocenters. The number of halogens is 1. The van der Waals surface area contributed by atoms with Crippen molar-refractivity contribution in [2.24, 2.45) is 0 Å². The number of hydrogen-bond acceptors (Lipinski definition) is 5. The molecule has 0 aromatic heterocycles. The van der Waals surface area contributed by atoms with E-state index in [1.165, 1.54) is 25.5 Å². The fourth-order valence-corrected chi connectivity index (χ4v) is 5.17. The predicted molar refractivity (Wildman–Crippen MR) is 104 cm³/mol. The molecule has 4 rings (SSSR count). The third-order valence-electron chi connectivity index (χ3n) is 6.75. The summed E-state index contributed by atoms with van der Waals surface area (Å²) in [7, 11) is 0. The molecule has 0 bridgehead atoms. The van der Waals surface area contributed by atoms with Crippen molar-refractivity contribution in [1.29, 1.82) is 0 Å². The second-order valence-electron chi connectivity index (χ2n) is 8.55. The lowest BCUT2D eigenvalue weighted by molar-refractivity contribution is -0.0537. The number of hydrogen-bond donors (Lipinski definition) is 2. The van der Waals surface area contributed by atoms with Gasteiger partial charge in [0.05, 0.1) is 11.3 Å². The molecule has 0 aliphatic carbocycles. The lowest BCUT2D eigenvalue weighted by Gasteiger charge is -2.48. The van der Waals surface area contributed by atoms with Gasteiger partial charge in [-0.2, -0.15) is 0 Å². The van der Waals surface area contributed by atoms with Crippen molar-refractivity contribution in [2.75, 3.05) is 50.8 Å². The van der Waals surface area contributed by atoms with Crippen molar-refractivity contribution in [3.05, 3.63) is 30.1 Å². The zero-order valence-corrected chi connectivity index (χ0v) is 16.1. The van der Waals surface area contributed by atoms with Crippen LogP contribution in [0, 0.1) is 5.82 Å². The maximum Gasteiger partial charge on any atom is 0.146 e. The average molecular weight is 378 g/mol. The van der Waals surface area contributed by atoms with Gasteiger partial charge in [-0.1, -0.05) is 12.1 Å². The Kier molecular flexibility index (Phi) is 5.69. The topological polar surface area (TPSA) is 50.2 Å². The number of para-hydroxylation sites is 1. The normalized spacial score (nSPS) is 29.1. The molecular weight excluding hydrogens is 345 g/mol. The first-order valence-corrected chi connectivity index (χ1v) is 10.4. The molecule has 1 aromatic rings. The highest BCUT2D eigenvalue weighted by Crippen LogP contribution is 2.32. The van der Waals surface area contributed by atoms with Crippen LogP contribution in [0.25, 0.3) is 0 Å². The van der Waals surface area contributed by atoms with Crippen LogP contribution in [-0.4, -0.2) is 83.6 Å². The second kappa shape index (κ2) is 8.03. The zero-order chi connectivity index (χ0) is 18.9. The Morgan fingerprint density at radius 3 is 2.63 bits per heavy atom. The molecular formula is C21H32FN3O2. The molecule has 0 radical (unpaired) electrons. The van der Waals surface area contributed by atoms with Crippen molar-refractivity contribution >= 4 is 5.69 Å². The summed E-state index contributed by atoms with van der Waals surface area (Å²) in [4.78, 5) is 7.02. The van der Waals surface area contributed by atoms with E-state index >= 15 is 0 Å². The Balaban J connectivity index is 1.39. The van der Waals surface area contributed by atoms with Gasteiger partial charge in [0.1, 0.15) is 5.82 Å². The molecule has 2 atom stereocenters. The van der Waals surface area contributed by atoms with Gasteiger partial charge in [-0.25, -0.2) is 4.39 Å². The second-order valence-corrected chi connectivity index (χ2v) is 8.55. The molecule has 5 nitrogen and oxygen atoms in total. The van der Waals surface area contributed by atoms with Gasteiger partial charge in [0.2, 0.25) is 0 Å². The van der Waals surface area contributed by atoms with Crippen LogP contribution in [-0.2, 0) is 0 Å². The Hall–Kier alpha value is -1.21. The van der Waals surface area contributed by atoms with Gasteiger partial charge in [-0.3, -0.25) is 9.80 Å². The van der Waals surface area contributed by atoms with E-state index in [9.17, 15) is 14.6 Å². The third kappa shape index (κ3) is 4.14. The Morgan fingerprint density at radius 2 is 1.89 bits per heavy atom. The first-order chi connectivity index (χ1) is 13.1. The smallest absolute Gasteiger partial charge is 0.146 e. The van der Waals surface area contributed by atoms with Crippen LogP contribution in [0.3, 0.4) is 0 Å². The van der Waals surface area contributed by atoms with E-state index in [1.807, 2.05) is 17.0 Å². The van der Waals surface area contributed by atoms with Crippen LogP contribution in [0.5, 0.6) is 0 Å². The molecule has 150 valence electrons. The van der Waals surface area contributed by atoms with Crippen molar-refractivity contribution < 1.29 is 14.6 Å².